The molecule has 2 atom stereocenters. The maximum Gasteiger partial charge on any atom is 0.161 e. The molecular weight excluding hydrogens is 186 g/mol. The van der Waals surface area contributed by atoms with E-state index in [1.54, 1.807) is 16.8 Å². The van der Waals surface area contributed by atoms with Crippen molar-refractivity contribution in [3.63, 3.8) is 0 Å². The molecule has 1 saturated carbocycles. The van der Waals surface area contributed by atoms with Gasteiger partial charge in [-0.05, 0) is 18.8 Å². The molecule has 0 radical (unpaired) electrons. The van der Waals surface area contributed by atoms with E-state index in [1.165, 1.54) is 4.88 Å². The topological polar surface area (TPSA) is 50.2 Å². The van der Waals surface area contributed by atoms with Crippen LogP contribution in [0.4, 0.5) is 0 Å². The number of carbonyl (C=O) groups is 1. The highest BCUT2D eigenvalue weighted by Gasteiger charge is 2.28. The van der Waals surface area contributed by atoms with Crippen LogP contribution in [0.2, 0.25) is 0 Å². The summed E-state index contributed by atoms with van der Waals surface area (Å²) in [7, 11) is 0. The van der Waals surface area contributed by atoms with Crippen molar-refractivity contribution >= 4 is 17.1 Å². The minimum atomic E-state index is -0.749. The third kappa shape index (κ3) is 1.78. The lowest BCUT2D eigenvalue weighted by atomic mass is 9.86. The maximum atomic E-state index is 11.0. The van der Waals surface area contributed by atoms with Crippen LogP contribution in [-0.2, 0) is 4.79 Å². The van der Waals surface area contributed by atoms with Crippen LogP contribution >= 0.6 is 11.3 Å². The fourth-order valence-corrected chi connectivity index (χ4v) is 2.46. The number of carbonyl (C=O) groups excluding carboxylic acids is 1. The summed E-state index contributed by atoms with van der Waals surface area (Å²) >= 11 is 1.60. The normalized spacial score (nSPS) is 29.2. The smallest absolute Gasteiger partial charge is 0.161 e. The molecule has 1 aromatic heterocycles. The summed E-state index contributed by atoms with van der Waals surface area (Å²) in [6, 6.07) is 0. The lowest BCUT2D eigenvalue weighted by molar-refractivity contribution is -0.129. The van der Waals surface area contributed by atoms with E-state index in [2.05, 4.69) is 4.98 Å². The first-order valence-electron chi connectivity index (χ1n) is 4.36. The largest absolute Gasteiger partial charge is 0.385 e. The Kier molecular flexibility index (Phi) is 2.42. The molecule has 70 valence electrons. The molecule has 0 amide bonds. The minimum absolute atomic E-state index is 0.0132. The summed E-state index contributed by atoms with van der Waals surface area (Å²) in [6.07, 6.45) is 3.02. The molecule has 1 aliphatic carbocycles. The van der Waals surface area contributed by atoms with E-state index < -0.39 is 6.10 Å². The predicted octanol–water partition coefficient (Wildman–Crippen LogP) is 1.34. The fraction of sp³-hybridized carbons (Fsp3) is 0.556. The van der Waals surface area contributed by atoms with Gasteiger partial charge < -0.3 is 5.11 Å². The predicted molar refractivity (Wildman–Crippen MR) is 49.7 cm³/mol. The van der Waals surface area contributed by atoms with Gasteiger partial charge in [-0.15, -0.1) is 11.3 Å². The molecule has 0 saturated heterocycles. The summed E-state index contributed by atoms with van der Waals surface area (Å²) in [5.41, 5.74) is 1.79. The van der Waals surface area contributed by atoms with Gasteiger partial charge in [0.05, 0.1) is 5.51 Å². The second kappa shape index (κ2) is 3.55. The number of ketones is 1. The Hall–Kier alpha value is -0.740. The molecule has 1 heterocycles. The molecule has 2 unspecified atom stereocenters. The average Bonchev–Trinajstić information content (AvgIpc) is 2.62. The molecule has 0 aromatic carbocycles. The van der Waals surface area contributed by atoms with Crippen LogP contribution in [0, 0.1) is 0 Å². The van der Waals surface area contributed by atoms with E-state index in [-0.39, 0.29) is 5.78 Å². The second-order valence-electron chi connectivity index (χ2n) is 3.36. The van der Waals surface area contributed by atoms with Crippen LogP contribution in [0.25, 0.3) is 0 Å². The molecule has 2 rings (SSSR count). The summed E-state index contributed by atoms with van der Waals surface area (Å²) in [6.45, 7) is 0. The first kappa shape index (κ1) is 8.84. The monoisotopic (exact) mass is 197 g/mol. The molecular formula is C9H11NO2S. The highest BCUT2D eigenvalue weighted by molar-refractivity contribution is 7.09. The molecule has 1 fully saturated rings. The van der Waals surface area contributed by atoms with Crippen LogP contribution in [0.3, 0.4) is 0 Å². The fourth-order valence-electron chi connectivity index (χ4n) is 1.69. The number of aliphatic hydroxyl groups excluding tert-OH is 1. The zero-order chi connectivity index (χ0) is 9.26. The Morgan fingerprint density at radius 2 is 2.46 bits per heavy atom. The van der Waals surface area contributed by atoms with Crippen molar-refractivity contribution in [1.29, 1.82) is 0 Å². The third-order valence-corrected chi connectivity index (χ3v) is 3.41. The number of Topliss-reactive ketones (excluding diaryl/α,β-unsaturated/α-hetero) is 1. The molecule has 4 heteroatoms. The van der Waals surface area contributed by atoms with Crippen LogP contribution in [0.1, 0.15) is 30.1 Å². The van der Waals surface area contributed by atoms with Crippen molar-refractivity contribution in [1.82, 2.24) is 4.98 Å². The highest BCUT2D eigenvalue weighted by Crippen LogP contribution is 2.33. The van der Waals surface area contributed by atoms with E-state index in [4.69, 9.17) is 0 Å². The zero-order valence-corrected chi connectivity index (χ0v) is 7.96. The number of aliphatic hydroxyl groups is 1. The zero-order valence-electron chi connectivity index (χ0n) is 7.14. The standard InChI is InChI=1S/C9H11NO2S/c11-7-2-1-6(3-8(7)12)9-4-10-5-13-9/h4-6,8,12H,1-3H2. The van der Waals surface area contributed by atoms with Crippen molar-refractivity contribution in [3.05, 3.63) is 16.6 Å². The van der Waals surface area contributed by atoms with Crippen LogP contribution < -0.4 is 0 Å². The Morgan fingerprint density at radius 1 is 1.62 bits per heavy atom. The maximum absolute atomic E-state index is 11.0. The van der Waals surface area contributed by atoms with Gasteiger partial charge in [-0.3, -0.25) is 9.78 Å². The van der Waals surface area contributed by atoms with Crippen LogP contribution in [0.15, 0.2) is 11.7 Å². The van der Waals surface area contributed by atoms with Gasteiger partial charge in [-0.2, -0.15) is 0 Å². The number of hydrogen-bond donors (Lipinski definition) is 1. The second-order valence-corrected chi connectivity index (χ2v) is 4.28. The van der Waals surface area contributed by atoms with Gasteiger partial charge in [-0.1, -0.05) is 0 Å². The lowest BCUT2D eigenvalue weighted by Gasteiger charge is -2.23. The Labute approximate surface area is 80.4 Å². The van der Waals surface area contributed by atoms with Crippen molar-refractivity contribution in [3.8, 4) is 0 Å². The van der Waals surface area contributed by atoms with E-state index in [0.29, 0.717) is 18.8 Å². The number of nitrogens with zero attached hydrogens (tertiary/aromatic N) is 1. The van der Waals surface area contributed by atoms with Crippen LogP contribution in [0.5, 0.6) is 0 Å². The number of hydrogen-bond acceptors (Lipinski definition) is 4. The van der Waals surface area contributed by atoms with Crippen molar-refractivity contribution < 1.29 is 9.90 Å². The van der Waals surface area contributed by atoms with E-state index in [0.717, 1.165) is 6.42 Å². The molecule has 3 nitrogen and oxygen atoms in total. The molecule has 0 spiro atoms. The summed E-state index contributed by atoms with van der Waals surface area (Å²) in [4.78, 5) is 16.2. The Balaban J connectivity index is 2.07. The van der Waals surface area contributed by atoms with Crippen LogP contribution in [-0.4, -0.2) is 22.0 Å². The van der Waals surface area contributed by atoms with Gasteiger partial charge in [0.25, 0.3) is 0 Å². The minimum Gasteiger partial charge on any atom is -0.385 e. The summed E-state index contributed by atoms with van der Waals surface area (Å²) in [5.74, 6) is 0.320. The Bertz CT molecular complexity index is 297. The first-order chi connectivity index (χ1) is 6.27. The molecule has 1 aromatic rings. The quantitative estimate of drug-likeness (QED) is 0.739. The summed E-state index contributed by atoms with van der Waals surface area (Å²) in [5, 5.41) is 9.38. The van der Waals surface area contributed by atoms with Gasteiger partial charge >= 0.3 is 0 Å². The number of aromatic nitrogens is 1. The van der Waals surface area contributed by atoms with E-state index >= 15 is 0 Å². The van der Waals surface area contributed by atoms with Gasteiger partial charge in [-0.25, -0.2) is 0 Å². The molecule has 1 N–H and O–H groups in total. The SMILES string of the molecule is O=C1CCC(c2cncs2)CC1O. The summed E-state index contributed by atoms with van der Waals surface area (Å²) < 4.78 is 0. The van der Waals surface area contributed by atoms with Gasteiger partial charge in [0.1, 0.15) is 6.10 Å². The van der Waals surface area contributed by atoms with Gasteiger partial charge in [0.15, 0.2) is 5.78 Å². The molecule has 13 heavy (non-hydrogen) atoms. The molecule has 0 aliphatic heterocycles. The van der Waals surface area contributed by atoms with Crippen molar-refractivity contribution in [2.75, 3.05) is 0 Å². The number of thiazole rings is 1. The van der Waals surface area contributed by atoms with E-state index in [9.17, 15) is 9.90 Å². The van der Waals surface area contributed by atoms with Gasteiger partial charge in [0.2, 0.25) is 0 Å². The van der Waals surface area contributed by atoms with Crippen molar-refractivity contribution in [2.24, 2.45) is 0 Å². The average molecular weight is 197 g/mol. The Morgan fingerprint density at radius 3 is 3.08 bits per heavy atom. The first-order valence-corrected chi connectivity index (χ1v) is 5.24. The highest BCUT2D eigenvalue weighted by atomic mass is 32.1. The van der Waals surface area contributed by atoms with E-state index in [1.807, 2.05) is 6.20 Å². The third-order valence-electron chi connectivity index (χ3n) is 2.47. The van der Waals surface area contributed by atoms with Crippen molar-refractivity contribution in [2.45, 2.75) is 31.3 Å². The molecule has 1 aliphatic rings. The molecule has 0 bridgehead atoms. The number of rotatable bonds is 1. The van der Waals surface area contributed by atoms with Gasteiger partial charge in [0, 0.05) is 17.5 Å². The lowest BCUT2D eigenvalue weighted by Crippen LogP contribution is -2.27.